The molecule has 2 aromatic carbocycles. The number of fused-ring (bicyclic) bond motifs is 2. The van der Waals surface area contributed by atoms with Gasteiger partial charge in [-0.1, -0.05) is 0 Å². The first-order valence-corrected chi connectivity index (χ1v) is 6.35. The first kappa shape index (κ1) is 13.3. The molecular weight excluding hydrogens is 272 g/mol. The van der Waals surface area contributed by atoms with Gasteiger partial charge in [0.05, 0.1) is 32.1 Å². The molecule has 0 aliphatic heterocycles. The number of hydrogen-bond donors (Lipinski definition) is 0. The van der Waals surface area contributed by atoms with E-state index in [1.165, 1.54) is 14.2 Å². The van der Waals surface area contributed by atoms with E-state index in [4.69, 9.17) is 18.6 Å². The van der Waals surface area contributed by atoms with Gasteiger partial charge in [-0.15, -0.1) is 0 Å². The Morgan fingerprint density at radius 3 is 2.38 bits per heavy atom. The highest BCUT2D eigenvalue weighted by atomic mass is 16.5. The van der Waals surface area contributed by atoms with Gasteiger partial charge in [0.2, 0.25) is 11.2 Å². The SMILES string of the molecule is COc1ccc2oc3c(OC)c(OC)ccc3c(=O)c2c1. The Morgan fingerprint density at radius 2 is 1.71 bits per heavy atom. The molecular formula is C16H14O5. The molecule has 0 fully saturated rings. The molecule has 5 nitrogen and oxygen atoms in total. The van der Waals surface area contributed by atoms with E-state index in [0.717, 1.165) is 0 Å². The van der Waals surface area contributed by atoms with Crippen LogP contribution in [0.25, 0.3) is 21.9 Å². The van der Waals surface area contributed by atoms with Crippen molar-refractivity contribution in [1.82, 2.24) is 0 Å². The molecule has 0 amide bonds. The van der Waals surface area contributed by atoms with Gasteiger partial charge in [0.1, 0.15) is 11.3 Å². The average Bonchev–Trinajstić information content (AvgIpc) is 2.53. The summed E-state index contributed by atoms with van der Waals surface area (Å²) in [6.45, 7) is 0. The number of methoxy groups -OCH3 is 3. The Bertz CT molecular complexity index is 879. The molecule has 0 spiro atoms. The average molecular weight is 286 g/mol. The Kier molecular flexibility index (Phi) is 3.17. The predicted octanol–water partition coefficient (Wildman–Crippen LogP) is 2.97. The smallest absolute Gasteiger partial charge is 0.204 e. The minimum atomic E-state index is -0.133. The lowest BCUT2D eigenvalue weighted by molar-refractivity contribution is 0.354. The van der Waals surface area contributed by atoms with Crippen molar-refractivity contribution in [3.8, 4) is 17.2 Å². The van der Waals surface area contributed by atoms with Crippen LogP contribution in [0.3, 0.4) is 0 Å². The summed E-state index contributed by atoms with van der Waals surface area (Å²) in [5, 5.41) is 0.905. The summed E-state index contributed by atoms with van der Waals surface area (Å²) in [6.07, 6.45) is 0. The molecule has 0 saturated carbocycles. The Hall–Kier alpha value is -2.69. The van der Waals surface area contributed by atoms with Gasteiger partial charge in [-0.05, 0) is 30.3 Å². The maximum atomic E-state index is 12.6. The fourth-order valence-electron chi connectivity index (χ4n) is 2.34. The monoisotopic (exact) mass is 286 g/mol. The minimum Gasteiger partial charge on any atom is -0.497 e. The first-order chi connectivity index (χ1) is 10.2. The third-order valence-electron chi connectivity index (χ3n) is 3.39. The van der Waals surface area contributed by atoms with Gasteiger partial charge in [0.15, 0.2) is 11.3 Å². The highest BCUT2D eigenvalue weighted by molar-refractivity contribution is 5.94. The summed E-state index contributed by atoms with van der Waals surface area (Å²) in [6, 6.07) is 8.46. The highest BCUT2D eigenvalue weighted by Gasteiger charge is 2.16. The third kappa shape index (κ3) is 1.98. The summed E-state index contributed by atoms with van der Waals surface area (Å²) in [7, 11) is 4.60. The molecule has 0 aliphatic carbocycles. The molecule has 0 aliphatic rings. The quantitative estimate of drug-likeness (QED) is 0.693. The van der Waals surface area contributed by atoms with Gasteiger partial charge in [0, 0.05) is 0 Å². The first-order valence-electron chi connectivity index (χ1n) is 6.35. The molecule has 3 aromatic rings. The maximum Gasteiger partial charge on any atom is 0.204 e. The third-order valence-corrected chi connectivity index (χ3v) is 3.39. The Labute approximate surface area is 120 Å². The van der Waals surface area contributed by atoms with Crippen LogP contribution >= 0.6 is 0 Å². The predicted molar refractivity (Wildman–Crippen MR) is 79.6 cm³/mol. The van der Waals surface area contributed by atoms with Crippen LogP contribution in [0, 0.1) is 0 Å². The fourth-order valence-corrected chi connectivity index (χ4v) is 2.34. The Balaban J connectivity index is 2.46. The molecule has 0 N–H and O–H groups in total. The second-order valence-corrected chi connectivity index (χ2v) is 4.47. The molecule has 1 aromatic heterocycles. The molecule has 0 atom stereocenters. The van der Waals surface area contributed by atoms with Crippen molar-refractivity contribution in [2.45, 2.75) is 0 Å². The van der Waals surface area contributed by atoms with Crippen molar-refractivity contribution < 1.29 is 18.6 Å². The topological polar surface area (TPSA) is 57.9 Å². The van der Waals surface area contributed by atoms with Crippen LogP contribution in [0.2, 0.25) is 0 Å². The molecule has 0 radical (unpaired) electrons. The van der Waals surface area contributed by atoms with Crippen LogP contribution in [0.5, 0.6) is 17.2 Å². The van der Waals surface area contributed by atoms with Crippen molar-refractivity contribution in [2.75, 3.05) is 21.3 Å². The number of ether oxygens (including phenoxy) is 3. The lowest BCUT2D eigenvalue weighted by Gasteiger charge is -2.10. The van der Waals surface area contributed by atoms with E-state index in [2.05, 4.69) is 0 Å². The summed E-state index contributed by atoms with van der Waals surface area (Å²) in [4.78, 5) is 12.6. The second kappa shape index (κ2) is 5.01. The van der Waals surface area contributed by atoms with E-state index >= 15 is 0 Å². The molecule has 1 heterocycles. The van der Waals surface area contributed by atoms with Crippen LogP contribution < -0.4 is 19.6 Å². The summed E-state index contributed by atoms with van der Waals surface area (Å²) in [5.41, 5.74) is 0.713. The number of benzene rings is 2. The zero-order valence-corrected chi connectivity index (χ0v) is 11.9. The van der Waals surface area contributed by atoms with Gasteiger partial charge < -0.3 is 18.6 Å². The molecule has 0 unspecified atom stereocenters. The fraction of sp³-hybridized carbons (Fsp3) is 0.188. The van der Waals surface area contributed by atoms with Crippen molar-refractivity contribution in [3.63, 3.8) is 0 Å². The summed E-state index contributed by atoms with van der Waals surface area (Å²) < 4.78 is 21.5. The maximum absolute atomic E-state index is 12.6. The zero-order valence-electron chi connectivity index (χ0n) is 11.9. The molecule has 0 saturated heterocycles. The number of hydrogen-bond acceptors (Lipinski definition) is 5. The van der Waals surface area contributed by atoms with Crippen LogP contribution in [-0.2, 0) is 0 Å². The van der Waals surface area contributed by atoms with Crippen LogP contribution in [-0.4, -0.2) is 21.3 Å². The van der Waals surface area contributed by atoms with E-state index in [1.54, 1.807) is 37.4 Å². The van der Waals surface area contributed by atoms with Crippen molar-refractivity contribution in [2.24, 2.45) is 0 Å². The summed E-state index contributed by atoms with van der Waals surface area (Å²) in [5.74, 6) is 1.53. The van der Waals surface area contributed by atoms with Crippen LogP contribution in [0.1, 0.15) is 0 Å². The van der Waals surface area contributed by atoms with Gasteiger partial charge in [-0.3, -0.25) is 4.79 Å². The van der Waals surface area contributed by atoms with Gasteiger partial charge >= 0.3 is 0 Å². The molecule has 21 heavy (non-hydrogen) atoms. The largest absolute Gasteiger partial charge is 0.497 e. The van der Waals surface area contributed by atoms with E-state index in [1.807, 2.05) is 0 Å². The van der Waals surface area contributed by atoms with Crippen molar-refractivity contribution in [3.05, 3.63) is 40.6 Å². The number of rotatable bonds is 3. The molecule has 5 heteroatoms. The van der Waals surface area contributed by atoms with E-state index < -0.39 is 0 Å². The summed E-state index contributed by atoms with van der Waals surface area (Å²) >= 11 is 0. The second-order valence-electron chi connectivity index (χ2n) is 4.47. The highest BCUT2D eigenvalue weighted by Crippen LogP contribution is 2.35. The lowest BCUT2D eigenvalue weighted by Crippen LogP contribution is -2.04. The lowest BCUT2D eigenvalue weighted by atomic mass is 10.1. The van der Waals surface area contributed by atoms with Gasteiger partial charge in [-0.25, -0.2) is 0 Å². The zero-order chi connectivity index (χ0) is 15.0. The van der Waals surface area contributed by atoms with E-state index in [9.17, 15) is 4.79 Å². The van der Waals surface area contributed by atoms with Gasteiger partial charge in [-0.2, -0.15) is 0 Å². The molecule has 0 bridgehead atoms. The normalized spacial score (nSPS) is 10.8. The standard InChI is InChI=1S/C16H14O5/c1-18-9-4-6-12-11(8-9)14(17)10-5-7-13(19-2)16(20-3)15(10)21-12/h4-8H,1-3H3. The Morgan fingerprint density at radius 1 is 0.905 bits per heavy atom. The molecule has 3 rings (SSSR count). The minimum absolute atomic E-state index is 0.133. The van der Waals surface area contributed by atoms with Crippen molar-refractivity contribution >= 4 is 21.9 Å². The molecule has 108 valence electrons. The van der Waals surface area contributed by atoms with E-state index in [-0.39, 0.29) is 5.43 Å². The van der Waals surface area contributed by atoms with Crippen molar-refractivity contribution in [1.29, 1.82) is 0 Å². The van der Waals surface area contributed by atoms with Crippen LogP contribution in [0.15, 0.2) is 39.5 Å². The van der Waals surface area contributed by atoms with Crippen LogP contribution in [0.4, 0.5) is 0 Å². The van der Waals surface area contributed by atoms with E-state index in [0.29, 0.717) is 39.2 Å². The van der Waals surface area contributed by atoms with Gasteiger partial charge in [0.25, 0.3) is 0 Å².